The standard InChI is InChI=1S/C14H20N2O5/c1-14(2,3)21-13(19)8-7-16(11(8)15)10(12(17)18)9-5-4-6-20-9/h4-6,8,10-11H,7,15H2,1-3H3,(H,17,18)/t8-,10+,11+/m0/s1. The zero-order chi connectivity index (χ0) is 15.8. The summed E-state index contributed by atoms with van der Waals surface area (Å²) < 4.78 is 10.4. The summed E-state index contributed by atoms with van der Waals surface area (Å²) in [6.45, 7) is 5.55. The number of hydrogen-bond acceptors (Lipinski definition) is 6. The fourth-order valence-electron chi connectivity index (χ4n) is 2.29. The highest BCUT2D eigenvalue weighted by Gasteiger charge is 2.49. The molecule has 3 atom stereocenters. The predicted molar refractivity (Wildman–Crippen MR) is 73.1 cm³/mol. The summed E-state index contributed by atoms with van der Waals surface area (Å²) in [7, 11) is 0. The third-order valence-electron chi connectivity index (χ3n) is 3.29. The average Bonchev–Trinajstić information content (AvgIpc) is 2.83. The van der Waals surface area contributed by atoms with Crippen LogP contribution in [0.3, 0.4) is 0 Å². The Morgan fingerprint density at radius 3 is 2.62 bits per heavy atom. The van der Waals surface area contributed by atoms with Crippen molar-refractivity contribution in [3.63, 3.8) is 0 Å². The van der Waals surface area contributed by atoms with Crippen molar-refractivity contribution in [1.82, 2.24) is 4.90 Å². The number of esters is 1. The molecular weight excluding hydrogens is 276 g/mol. The maximum atomic E-state index is 12.0. The Kier molecular flexibility index (Phi) is 4.06. The molecule has 0 unspecified atom stereocenters. The molecule has 7 heteroatoms. The average molecular weight is 296 g/mol. The summed E-state index contributed by atoms with van der Waals surface area (Å²) in [4.78, 5) is 24.9. The number of ether oxygens (including phenoxy) is 1. The molecule has 1 saturated heterocycles. The number of carbonyl (C=O) groups is 2. The maximum Gasteiger partial charge on any atom is 0.328 e. The number of nitrogens with two attached hydrogens (primary N) is 1. The fourth-order valence-corrected chi connectivity index (χ4v) is 2.29. The molecule has 7 nitrogen and oxygen atoms in total. The Bertz CT molecular complexity index is 520. The predicted octanol–water partition coefficient (Wildman–Crippen LogP) is 0.964. The number of carbonyl (C=O) groups excluding carboxylic acids is 1. The van der Waals surface area contributed by atoms with Crippen molar-refractivity contribution in [2.24, 2.45) is 11.7 Å². The Hall–Kier alpha value is -1.86. The molecule has 0 bridgehead atoms. The number of nitrogens with zero attached hydrogens (tertiary/aromatic N) is 1. The van der Waals surface area contributed by atoms with Crippen LogP contribution in [0.1, 0.15) is 32.6 Å². The van der Waals surface area contributed by atoms with Crippen LogP contribution in [0.2, 0.25) is 0 Å². The molecule has 0 radical (unpaired) electrons. The smallest absolute Gasteiger partial charge is 0.328 e. The van der Waals surface area contributed by atoms with Gasteiger partial charge in [-0.2, -0.15) is 0 Å². The summed E-state index contributed by atoms with van der Waals surface area (Å²) in [6.07, 6.45) is 0.702. The van der Waals surface area contributed by atoms with Crippen LogP contribution < -0.4 is 5.73 Å². The number of carboxylic acid groups (broad SMARTS) is 1. The van der Waals surface area contributed by atoms with E-state index in [-0.39, 0.29) is 6.54 Å². The maximum absolute atomic E-state index is 12.0. The SMILES string of the molecule is CC(C)(C)OC(=O)[C@H]1CN([C@@H](C(=O)O)c2ccco2)[C@H]1N. The molecule has 1 aromatic rings. The van der Waals surface area contributed by atoms with Crippen molar-refractivity contribution in [1.29, 1.82) is 0 Å². The van der Waals surface area contributed by atoms with Crippen LogP contribution in [0.5, 0.6) is 0 Å². The van der Waals surface area contributed by atoms with Gasteiger partial charge in [0.25, 0.3) is 0 Å². The van der Waals surface area contributed by atoms with Gasteiger partial charge in [0.05, 0.1) is 18.3 Å². The van der Waals surface area contributed by atoms with Gasteiger partial charge in [0.2, 0.25) is 0 Å². The Morgan fingerprint density at radius 2 is 2.19 bits per heavy atom. The summed E-state index contributed by atoms with van der Waals surface area (Å²) >= 11 is 0. The second kappa shape index (κ2) is 5.50. The number of hydrogen-bond donors (Lipinski definition) is 2. The fraction of sp³-hybridized carbons (Fsp3) is 0.571. The second-order valence-electron chi connectivity index (χ2n) is 6.08. The van der Waals surface area contributed by atoms with Gasteiger partial charge in [-0.1, -0.05) is 0 Å². The van der Waals surface area contributed by atoms with Crippen molar-refractivity contribution in [2.45, 2.75) is 38.6 Å². The van der Waals surface area contributed by atoms with E-state index in [1.807, 2.05) is 0 Å². The number of carboxylic acids is 1. The molecule has 0 aromatic carbocycles. The van der Waals surface area contributed by atoms with E-state index in [9.17, 15) is 14.7 Å². The third kappa shape index (κ3) is 3.25. The largest absolute Gasteiger partial charge is 0.480 e. The van der Waals surface area contributed by atoms with E-state index in [2.05, 4.69) is 0 Å². The van der Waals surface area contributed by atoms with Gasteiger partial charge in [-0.15, -0.1) is 0 Å². The molecule has 21 heavy (non-hydrogen) atoms. The van der Waals surface area contributed by atoms with Crippen LogP contribution >= 0.6 is 0 Å². The Morgan fingerprint density at radius 1 is 1.52 bits per heavy atom. The second-order valence-corrected chi connectivity index (χ2v) is 6.08. The summed E-state index contributed by atoms with van der Waals surface area (Å²) in [5.74, 6) is -1.71. The zero-order valence-corrected chi connectivity index (χ0v) is 12.3. The first-order valence-corrected chi connectivity index (χ1v) is 6.71. The van der Waals surface area contributed by atoms with E-state index >= 15 is 0 Å². The number of furan rings is 1. The van der Waals surface area contributed by atoms with Gasteiger partial charge in [0.15, 0.2) is 6.04 Å². The van der Waals surface area contributed by atoms with Gasteiger partial charge >= 0.3 is 11.9 Å². The van der Waals surface area contributed by atoms with Crippen molar-refractivity contribution in [3.05, 3.63) is 24.2 Å². The lowest BCUT2D eigenvalue weighted by atomic mass is 9.92. The molecule has 2 rings (SSSR count). The lowest BCUT2D eigenvalue weighted by Crippen LogP contribution is -2.66. The van der Waals surface area contributed by atoms with Gasteiger partial charge in [-0.3, -0.25) is 14.5 Å². The third-order valence-corrected chi connectivity index (χ3v) is 3.29. The molecule has 1 aliphatic heterocycles. The molecule has 3 N–H and O–H groups in total. The number of rotatable bonds is 4. The van der Waals surface area contributed by atoms with Crippen molar-refractivity contribution in [2.75, 3.05) is 6.54 Å². The molecule has 2 heterocycles. The highest BCUT2D eigenvalue weighted by Crippen LogP contribution is 2.33. The molecule has 0 spiro atoms. The minimum atomic E-state index is -1.07. The highest BCUT2D eigenvalue weighted by atomic mass is 16.6. The van der Waals surface area contributed by atoms with Crippen molar-refractivity contribution >= 4 is 11.9 Å². The van der Waals surface area contributed by atoms with Crippen molar-refractivity contribution in [3.8, 4) is 0 Å². The first-order chi connectivity index (χ1) is 9.70. The molecule has 1 aromatic heterocycles. The monoisotopic (exact) mass is 296 g/mol. The van der Waals surface area contributed by atoms with Crippen LogP contribution in [0.25, 0.3) is 0 Å². The van der Waals surface area contributed by atoms with Gasteiger partial charge in [0, 0.05) is 6.54 Å². The van der Waals surface area contributed by atoms with Crippen molar-refractivity contribution < 1.29 is 23.8 Å². The van der Waals surface area contributed by atoms with Crippen LogP contribution in [-0.2, 0) is 14.3 Å². The normalized spacial score (nSPS) is 24.2. The Labute approximate surface area is 122 Å². The van der Waals surface area contributed by atoms with Gasteiger partial charge in [-0.05, 0) is 32.9 Å². The molecule has 0 aliphatic carbocycles. The van der Waals surface area contributed by atoms with E-state index in [1.54, 1.807) is 32.9 Å². The first kappa shape index (κ1) is 15.5. The molecule has 0 amide bonds. The minimum Gasteiger partial charge on any atom is -0.480 e. The van der Waals surface area contributed by atoms with Crippen LogP contribution in [0.15, 0.2) is 22.8 Å². The van der Waals surface area contributed by atoms with E-state index in [0.29, 0.717) is 5.76 Å². The topological polar surface area (TPSA) is 106 Å². The lowest BCUT2D eigenvalue weighted by molar-refractivity contribution is -0.177. The number of likely N-dealkylation sites (tertiary alicyclic amines) is 1. The summed E-state index contributed by atoms with van der Waals surface area (Å²) in [5.41, 5.74) is 5.36. The quantitative estimate of drug-likeness (QED) is 0.797. The van der Waals surface area contributed by atoms with E-state index in [0.717, 1.165) is 0 Å². The van der Waals surface area contributed by atoms with Gasteiger partial charge in [-0.25, -0.2) is 0 Å². The lowest BCUT2D eigenvalue weighted by Gasteiger charge is -2.47. The van der Waals surface area contributed by atoms with E-state index in [1.165, 1.54) is 11.2 Å². The highest BCUT2D eigenvalue weighted by molar-refractivity contribution is 5.78. The van der Waals surface area contributed by atoms with Gasteiger partial charge in [0.1, 0.15) is 11.4 Å². The van der Waals surface area contributed by atoms with Crippen LogP contribution in [0.4, 0.5) is 0 Å². The molecule has 1 fully saturated rings. The molecule has 0 saturated carbocycles. The molecular formula is C14H20N2O5. The summed E-state index contributed by atoms with van der Waals surface area (Å²) in [6, 6.07) is 2.20. The molecule has 116 valence electrons. The number of aliphatic carboxylic acids is 1. The minimum absolute atomic E-state index is 0.230. The van der Waals surface area contributed by atoms with Crippen LogP contribution in [0, 0.1) is 5.92 Å². The summed E-state index contributed by atoms with van der Waals surface area (Å²) in [5, 5.41) is 9.34. The first-order valence-electron chi connectivity index (χ1n) is 6.71. The van der Waals surface area contributed by atoms with Gasteiger partial charge < -0.3 is 20.0 Å². The Balaban J connectivity index is 2.05. The van der Waals surface area contributed by atoms with Crippen LogP contribution in [-0.4, -0.2) is 40.3 Å². The van der Waals surface area contributed by atoms with E-state index < -0.39 is 35.7 Å². The zero-order valence-electron chi connectivity index (χ0n) is 12.3. The molecule has 1 aliphatic rings. The van der Waals surface area contributed by atoms with E-state index in [4.69, 9.17) is 14.9 Å².